The van der Waals surface area contributed by atoms with E-state index in [1.807, 2.05) is 24.3 Å². The molecule has 1 heterocycles. The van der Waals surface area contributed by atoms with Crippen LogP contribution in [0.4, 0.5) is 5.69 Å². The van der Waals surface area contributed by atoms with Crippen molar-refractivity contribution in [2.75, 3.05) is 25.1 Å². The summed E-state index contributed by atoms with van der Waals surface area (Å²) in [6.45, 7) is 5.68. The molecule has 1 aliphatic heterocycles. The molecule has 2 rings (SSSR count). The molecule has 1 unspecified atom stereocenters. The lowest BCUT2D eigenvalue weighted by Gasteiger charge is -2.13. The molecule has 0 saturated carbocycles. The summed E-state index contributed by atoms with van der Waals surface area (Å²) < 4.78 is 10.9. The normalized spacial score (nSPS) is 17.1. The lowest BCUT2D eigenvalue weighted by molar-refractivity contribution is -0.115. The van der Waals surface area contributed by atoms with Gasteiger partial charge in [0.2, 0.25) is 5.91 Å². The molecule has 1 fully saturated rings. The van der Waals surface area contributed by atoms with Crippen molar-refractivity contribution in [3.8, 4) is 0 Å². The summed E-state index contributed by atoms with van der Waals surface area (Å²) in [7, 11) is 0. The molecule has 1 aliphatic rings. The van der Waals surface area contributed by atoms with Crippen LogP contribution in [0.15, 0.2) is 24.3 Å². The van der Waals surface area contributed by atoms with Gasteiger partial charge >= 0.3 is 0 Å². The first kappa shape index (κ1) is 15.0. The van der Waals surface area contributed by atoms with Gasteiger partial charge in [-0.05, 0) is 25.5 Å². The van der Waals surface area contributed by atoms with Gasteiger partial charge in [-0.25, -0.2) is 0 Å². The number of anilines is 1. The van der Waals surface area contributed by atoms with Crippen LogP contribution >= 0.6 is 0 Å². The van der Waals surface area contributed by atoms with Gasteiger partial charge in [0, 0.05) is 17.3 Å². The highest BCUT2D eigenvalue weighted by Crippen LogP contribution is 2.25. The Kier molecular flexibility index (Phi) is 5.52. The van der Waals surface area contributed by atoms with Gasteiger partial charge in [-0.3, -0.25) is 4.79 Å². The zero-order valence-electron chi connectivity index (χ0n) is 12.0. The topological polar surface area (TPSA) is 59.6 Å². The Hall–Kier alpha value is -1.43. The van der Waals surface area contributed by atoms with Crippen LogP contribution in [0.1, 0.15) is 32.1 Å². The predicted octanol–water partition coefficient (Wildman–Crippen LogP) is 2.06. The Labute approximate surface area is 119 Å². The number of benzene rings is 1. The van der Waals surface area contributed by atoms with Crippen molar-refractivity contribution in [1.82, 2.24) is 5.32 Å². The molecular weight excluding hydrogens is 256 g/mol. The molecule has 1 amide bonds. The fraction of sp³-hybridized carbons (Fsp3) is 0.533. The van der Waals surface area contributed by atoms with E-state index < -0.39 is 0 Å². The zero-order valence-corrected chi connectivity index (χ0v) is 12.0. The lowest BCUT2D eigenvalue weighted by atomic mass is 10.2. The average molecular weight is 278 g/mol. The summed E-state index contributed by atoms with van der Waals surface area (Å²) in [6, 6.07) is 7.91. The Balaban J connectivity index is 1.89. The van der Waals surface area contributed by atoms with Gasteiger partial charge in [0.25, 0.3) is 0 Å². The molecule has 0 aliphatic carbocycles. The van der Waals surface area contributed by atoms with Crippen molar-refractivity contribution >= 4 is 11.6 Å². The van der Waals surface area contributed by atoms with Crippen molar-refractivity contribution in [3.63, 3.8) is 0 Å². The predicted molar refractivity (Wildman–Crippen MR) is 77.5 cm³/mol. The van der Waals surface area contributed by atoms with E-state index in [1.54, 1.807) is 0 Å². The summed E-state index contributed by atoms with van der Waals surface area (Å²) in [4.78, 5) is 11.8. The van der Waals surface area contributed by atoms with Gasteiger partial charge in [-0.2, -0.15) is 0 Å². The second-order valence-electron chi connectivity index (χ2n) is 4.94. The average Bonchev–Trinajstić information content (AvgIpc) is 2.99. The summed E-state index contributed by atoms with van der Waals surface area (Å²) in [5.41, 5.74) is 1.69. The third-order valence-electron chi connectivity index (χ3n) is 3.29. The van der Waals surface area contributed by atoms with Crippen LogP contribution in [-0.4, -0.2) is 31.7 Å². The van der Waals surface area contributed by atoms with Crippen molar-refractivity contribution in [2.24, 2.45) is 0 Å². The number of carbonyl (C=O) groups is 1. The molecule has 110 valence electrons. The minimum Gasteiger partial charge on any atom is -0.346 e. The van der Waals surface area contributed by atoms with Gasteiger partial charge < -0.3 is 20.1 Å². The maximum atomic E-state index is 11.8. The van der Waals surface area contributed by atoms with Gasteiger partial charge in [0.05, 0.1) is 19.8 Å². The number of amides is 1. The number of nitrogens with one attached hydrogen (secondary N) is 2. The quantitative estimate of drug-likeness (QED) is 0.836. The number of rotatable bonds is 6. The van der Waals surface area contributed by atoms with Crippen LogP contribution in [-0.2, 0) is 14.3 Å². The molecule has 0 bridgehead atoms. The fourth-order valence-corrected chi connectivity index (χ4v) is 1.93. The Morgan fingerprint density at radius 3 is 2.85 bits per heavy atom. The number of carbonyl (C=O) groups excluding carboxylic acids is 1. The molecule has 0 radical (unpaired) electrons. The first-order valence-corrected chi connectivity index (χ1v) is 7.05. The Morgan fingerprint density at radius 2 is 2.15 bits per heavy atom. The van der Waals surface area contributed by atoms with Gasteiger partial charge in [-0.15, -0.1) is 0 Å². The third-order valence-corrected chi connectivity index (χ3v) is 3.29. The van der Waals surface area contributed by atoms with Crippen LogP contribution in [0.25, 0.3) is 0 Å². The van der Waals surface area contributed by atoms with E-state index in [-0.39, 0.29) is 12.2 Å². The van der Waals surface area contributed by atoms with Gasteiger partial charge in [0.1, 0.15) is 0 Å². The fourth-order valence-electron chi connectivity index (χ4n) is 1.93. The van der Waals surface area contributed by atoms with E-state index in [9.17, 15) is 4.79 Å². The molecule has 2 N–H and O–H groups in total. The largest absolute Gasteiger partial charge is 0.346 e. The van der Waals surface area contributed by atoms with Crippen LogP contribution in [0.5, 0.6) is 0 Å². The van der Waals surface area contributed by atoms with Crippen molar-refractivity contribution < 1.29 is 14.3 Å². The van der Waals surface area contributed by atoms with Crippen LogP contribution in [0, 0.1) is 0 Å². The Morgan fingerprint density at radius 1 is 1.40 bits per heavy atom. The molecule has 1 aromatic rings. The second-order valence-corrected chi connectivity index (χ2v) is 4.94. The molecule has 0 spiro atoms. The van der Waals surface area contributed by atoms with Crippen molar-refractivity contribution in [3.05, 3.63) is 29.8 Å². The zero-order chi connectivity index (χ0) is 14.4. The molecular formula is C15H22N2O3. The third kappa shape index (κ3) is 4.30. The summed E-state index contributed by atoms with van der Waals surface area (Å²) >= 11 is 0. The summed E-state index contributed by atoms with van der Waals surface area (Å²) in [6.07, 6.45) is 0.684. The first-order valence-electron chi connectivity index (χ1n) is 7.05. The van der Waals surface area contributed by atoms with Crippen molar-refractivity contribution in [1.29, 1.82) is 0 Å². The minimum absolute atomic E-state index is 0.0456. The maximum Gasteiger partial charge on any atom is 0.238 e. The molecule has 20 heavy (non-hydrogen) atoms. The Bertz CT molecular complexity index is 444. The standard InChI is InChI=1S/C15H22N2O3/c1-3-11(2)16-10-14(18)17-13-6-4-5-12(9-13)15-19-7-8-20-15/h4-6,9,11,15-16H,3,7-8,10H2,1-2H3,(H,17,18). The molecule has 5 nitrogen and oxygen atoms in total. The van der Waals surface area contributed by atoms with E-state index in [1.165, 1.54) is 0 Å². The highest BCUT2D eigenvalue weighted by Gasteiger charge is 2.18. The summed E-state index contributed by atoms with van der Waals surface area (Å²) in [5, 5.41) is 6.03. The molecule has 0 aromatic heterocycles. The minimum atomic E-state index is -0.315. The number of ether oxygens (including phenoxy) is 2. The van der Waals surface area contributed by atoms with E-state index in [0.717, 1.165) is 17.7 Å². The van der Waals surface area contributed by atoms with Gasteiger partial charge in [0.15, 0.2) is 6.29 Å². The highest BCUT2D eigenvalue weighted by molar-refractivity contribution is 5.92. The highest BCUT2D eigenvalue weighted by atomic mass is 16.7. The smallest absolute Gasteiger partial charge is 0.238 e. The maximum absolute atomic E-state index is 11.8. The van der Waals surface area contributed by atoms with Gasteiger partial charge in [-0.1, -0.05) is 19.1 Å². The van der Waals surface area contributed by atoms with Crippen LogP contribution in [0.2, 0.25) is 0 Å². The number of hydrogen-bond acceptors (Lipinski definition) is 4. The lowest BCUT2D eigenvalue weighted by Crippen LogP contribution is -2.33. The number of hydrogen-bond donors (Lipinski definition) is 2. The van der Waals surface area contributed by atoms with E-state index in [4.69, 9.17) is 9.47 Å². The molecule has 5 heteroatoms. The molecule has 1 saturated heterocycles. The first-order chi connectivity index (χ1) is 9.69. The van der Waals surface area contributed by atoms with Crippen LogP contribution < -0.4 is 10.6 Å². The molecule has 1 aromatic carbocycles. The monoisotopic (exact) mass is 278 g/mol. The molecule has 1 atom stereocenters. The van der Waals surface area contributed by atoms with E-state index in [0.29, 0.717) is 25.8 Å². The second kappa shape index (κ2) is 7.38. The summed E-state index contributed by atoms with van der Waals surface area (Å²) in [5.74, 6) is -0.0456. The SMILES string of the molecule is CCC(C)NCC(=O)Nc1cccc(C2OCCO2)c1. The van der Waals surface area contributed by atoms with E-state index in [2.05, 4.69) is 24.5 Å². The van der Waals surface area contributed by atoms with Crippen LogP contribution in [0.3, 0.4) is 0 Å². The van der Waals surface area contributed by atoms with Crippen molar-refractivity contribution in [2.45, 2.75) is 32.6 Å². The van der Waals surface area contributed by atoms with E-state index >= 15 is 0 Å².